The van der Waals surface area contributed by atoms with E-state index in [1.807, 2.05) is 11.3 Å². The highest BCUT2D eigenvalue weighted by Crippen LogP contribution is 2.46. The van der Waals surface area contributed by atoms with Crippen LogP contribution >= 0.6 is 11.3 Å². The van der Waals surface area contributed by atoms with E-state index in [2.05, 4.69) is 254 Å². The van der Waals surface area contributed by atoms with E-state index in [-0.39, 0.29) is 0 Å². The molecule has 1 aromatic heterocycles. The van der Waals surface area contributed by atoms with E-state index in [4.69, 9.17) is 0 Å². The van der Waals surface area contributed by atoms with Crippen LogP contribution in [0.4, 0.5) is 17.1 Å². The van der Waals surface area contributed by atoms with E-state index in [1.54, 1.807) is 0 Å². The summed E-state index contributed by atoms with van der Waals surface area (Å²) >= 11 is 1.86. The average molecular weight is 856 g/mol. The van der Waals surface area contributed by atoms with Crippen LogP contribution < -0.4 is 4.90 Å². The Morgan fingerprint density at radius 3 is 1.38 bits per heavy atom. The first-order valence-electron chi connectivity index (χ1n) is 22.7. The Labute approximate surface area is 387 Å². The van der Waals surface area contributed by atoms with Crippen LogP contribution in [0, 0.1) is 0 Å². The molecule has 0 saturated heterocycles. The zero-order valence-electron chi connectivity index (χ0n) is 36.0. The standard InChI is InChI=1S/C64H41NS/c1-3-14-45(15-4-1)63-59-21-10-9-19-55(59)56-37-30-48(40-60(56)64(63)46-16-5-2-6-17-46)43-27-33-51(34-28-43)65(52-35-38-58-57-20-11-12-22-61(57)66-62(58)41-52)50-31-25-42(26-32-50)47-29-36-54-49(39-47)24-23-44-13-7-8-18-53(44)54/h1-41H. The maximum atomic E-state index is 2.41. The van der Waals surface area contributed by atoms with Gasteiger partial charge in [0.05, 0.1) is 0 Å². The molecule has 0 saturated carbocycles. The SMILES string of the molecule is c1ccc(-c2c(-c3ccccc3)c3cc(-c4ccc(N(c5ccc(-c6ccc7c(ccc8ccccc87)c6)cc5)c5ccc6c(c5)sc5ccccc56)cc4)ccc3c3ccccc23)cc1. The lowest BCUT2D eigenvalue weighted by Crippen LogP contribution is -2.09. The first-order valence-corrected chi connectivity index (χ1v) is 23.5. The van der Waals surface area contributed by atoms with Gasteiger partial charge in [-0.25, -0.2) is 0 Å². The number of fused-ring (bicyclic) bond motifs is 9. The highest BCUT2D eigenvalue weighted by Gasteiger charge is 2.20. The molecule has 0 amide bonds. The number of anilines is 3. The lowest BCUT2D eigenvalue weighted by Gasteiger charge is -2.26. The van der Waals surface area contributed by atoms with Crippen molar-refractivity contribution in [2.24, 2.45) is 0 Å². The van der Waals surface area contributed by atoms with Gasteiger partial charge in [0, 0.05) is 37.2 Å². The highest BCUT2D eigenvalue weighted by molar-refractivity contribution is 7.25. The van der Waals surface area contributed by atoms with Crippen molar-refractivity contribution >= 4 is 91.7 Å². The van der Waals surface area contributed by atoms with Gasteiger partial charge in [0.2, 0.25) is 0 Å². The molecule has 1 nitrogen and oxygen atoms in total. The van der Waals surface area contributed by atoms with Gasteiger partial charge in [-0.3, -0.25) is 0 Å². The smallest absolute Gasteiger partial charge is 0.0476 e. The van der Waals surface area contributed by atoms with Gasteiger partial charge in [0.25, 0.3) is 0 Å². The number of hydrogen-bond acceptors (Lipinski definition) is 2. The fraction of sp³-hybridized carbons (Fsp3) is 0. The van der Waals surface area contributed by atoms with E-state index >= 15 is 0 Å². The topological polar surface area (TPSA) is 3.24 Å². The molecule has 13 aromatic rings. The molecule has 0 atom stereocenters. The molecule has 0 unspecified atom stereocenters. The fourth-order valence-electron chi connectivity index (χ4n) is 10.3. The van der Waals surface area contributed by atoms with Crippen LogP contribution in [-0.4, -0.2) is 0 Å². The predicted molar refractivity (Wildman–Crippen MR) is 286 cm³/mol. The van der Waals surface area contributed by atoms with Gasteiger partial charge < -0.3 is 4.90 Å². The van der Waals surface area contributed by atoms with E-state index in [1.165, 1.54) is 108 Å². The molecule has 0 fully saturated rings. The minimum Gasteiger partial charge on any atom is -0.310 e. The number of hydrogen-bond donors (Lipinski definition) is 0. The zero-order valence-corrected chi connectivity index (χ0v) is 36.8. The summed E-state index contributed by atoms with van der Waals surface area (Å²) in [5.41, 5.74) is 13.1. The van der Waals surface area contributed by atoms with E-state index in [0.717, 1.165) is 17.1 Å². The maximum Gasteiger partial charge on any atom is 0.0476 e. The van der Waals surface area contributed by atoms with Gasteiger partial charge in [-0.1, -0.05) is 194 Å². The molecule has 1 heterocycles. The first kappa shape index (κ1) is 38.2. The molecule has 66 heavy (non-hydrogen) atoms. The van der Waals surface area contributed by atoms with Crippen LogP contribution in [0.2, 0.25) is 0 Å². The van der Waals surface area contributed by atoms with Gasteiger partial charge >= 0.3 is 0 Å². The second-order valence-electron chi connectivity index (χ2n) is 17.2. The van der Waals surface area contributed by atoms with Crippen LogP contribution in [0.1, 0.15) is 0 Å². The molecule has 0 N–H and O–H groups in total. The number of rotatable bonds is 7. The third-order valence-electron chi connectivity index (χ3n) is 13.4. The van der Waals surface area contributed by atoms with Crippen molar-refractivity contribution in [3.8, 4) is 44.5 Å². The third kappa shape index (κ3) is 6.45. The lowest BCUT2D eigenvalue weighted by molar-refractivity contribution is 1.29. The average Bonchev–Trinajstić information content (AvgIpc) is 3.77. The van der Waals surface area contributed by atoms with Crippen LogP contribution in [-0.2, 0) is 0 Å². The second kappa shape index (κ2) is 15.7. The summed E-state index contributed by atoms with van der Waals surface area (Å²) < 4.78 is 2.59. The second-order valence-corrected chi connectivity index (χ2v) is 18.3. The third-order valence-corrected chi connectivity index (χ3v) is 14.6. The van der Waals surface area contributed by atoms with Gasteiger partial charge in [0.15, 0.2) is 0 Å². The molecule has 0 bridgehead atoms. The largest absolute Gasteiger partial charge is 0.310 e. The van der Waals surface area contributed by atoms with Crippen molar-refractivity contribution in [1.29, 1.82) is 0 Å². The Bertz CT molecular complexity index is 3960. The van der Waals surface area contributed by atoms with Gasteiger partial charge in [-0.05, 0) is 142 Å². The molecule has 0 aliphatic heterocycles. The zero-order chi connectivity index (χ0) is 43.6. The summed E-state index contributed by atoms with van der Waals surface area (Å²) in [5.74, 6) is 0. The van der Waals surface area contributed by atoms with Crippen LogP contribution in [0.25, 0.3) is 108 Å². The molecule has 0 spiro atoms. The molecule has 0 radical (unpaired) electrons. The van der Waals surface area contributed by atoms with E-state index in [9.17, 15) is 0 Å². The predicted octanol–water partition coefficient (Wildman–Crippen LogP) is 18.8. The van der Waals surface area contributed by atoms with Gasteiger partial charge in [0.1, 0.15) is 0 Å². The summed E-state index contributed by atoms with van der Waals surface area (Å²) in [6, 6.07) is 91.5. The Balaban J connectivity index is 0.927. The minimum absolute atomic E-state index is 1.10. The van der Waals surface area contributed by atoms with Crippen LogP contribution in [0.15, 0.2) is 249 Å². The van der Waals surface area contributed by atoms with E-state index in [0.29, 0.717) is 0 Å². The Morgan fingerprint density at radius 2 is 0.682 bits per heavy atom. The van der Waals surface area contributed by atoms with Crippen molar-refractivity contribution < 1.29 is 0 Å². The highest BCUT2D eigenvalue weighted by atomic mass is 32.1. The quantitative estimate of drug-likeness (QED) is 0.144. The van der Waals surface area contributed by atoms with Crippen molar-refractivity contribution in [1.82, 2.24) is 0 Å². The van der Waals surface area contributed by atoms with Crippen molar-refractivity contribution in [2.75, 3.05) is 4.90 Å². The van der Waals surface area contributed by atoms with E-state index < -0.39 is 0 Å². The molecule has 308 valence electrons. The van der Waals surface area contributed by atoms with Crippen molar-refractivity contribution in [3.05, 3.63) is 249 Å². The molecule has 12 aromatic carbocycles. The summed E-state index contributed by atoms with van der Waals surface area (Å²) in [6.07, 6.45) is 0. The summed E-state index contributed by atoms with van der Waals surface area (Å²) in [6.45, 7) is 0. The number of nitrogens with zero attached hydrogens (tertiary/aromatic N) is 1. The first-order chi connectivity index (χ1) is 32.7. The van der Waals surface area contributed by atoms with Crippen molar-refractivity contribution in [3.63, 3.8) is 0 Å². The number of thiophene rings is 1. The summed E-state index contributed by atoms with van der Waals surface area (Å²) in [5, 5.41) is 12.7. The normalized spacial score (nSPS) is 11.6. The molecule has 13 rings (SSSR count). The van der Waals surface area contributed by atoms with Crippen LogP contribution in [0.3, 0.4) is 0 Å². The van der Waals surface area contributed by atoms with Crippen LogP contribution in [0.5, 0.6) is 0 Å². The molecule has 0 aliphatic carbocycles. The molecule has 0 aliphatic rings. The Morgan fingerprint density at radius 1 is 0.227 bits per heavy atom. The molecular weight excluding hydrogens is 815 g/mol. The van der Waals surface area contributed by atoms with Gasteiger partial charge in [-0.15, -0.1) is 11.3 Å². The minimum atomic E-state index is 1.10. The molecule has 2 heteroatoms. The fourth-order valence-corrected chi connectivity index (χ4v) is 11.4. The molecular formula is C64H41NS. The van der Waals surface area contributed by atoms with Gasteiger partial charge in [-0.2, -0.15) is 0 Å². The number of benzene rings is 12. The lowest BCUT2D eigenvalue weighted by atomic mass is 9.84. The Hall–Kier alpha value is -8.30. The monoisotopic (exact) mass is 855 g/mol. The summed E-state index contributed by atoms with van der Waals surface area (Å²) in [7, 11) is 0. The summed E-state index contributed by atoms with van der Waals surface area (Å²) in [4.78, 5) is 2.40. The Kier molecular flexibility index (Phi) is 9.11. The van der Waals surface area contributed by atoms with Crippen molar-refractivity contribution in [2.45, 2.75) is 0 Å². The maximum absolute atomic E-state index is 2.41.